The van der Waals surface area contributed by atoms with E-state index in [4.69, 9.17) is 9.47 Å². The molecule has 0 spiro atoms. The number of ether oxygens (including phenoxy) is 2. The Hall–Kier alpha value is -1.13. The number of methoxy groups -OCH3 is 1. The van der Waals surface area contributed by atoms with Gasteiger partial charge >= 0.3 is 0 Å². The van der Waals surface area contributed by atoms with Gasteiger partial charge in [0, 0.05) is 12.2 Å². The lowest BCUT2D eigenvalue weighted by Crippen LogP contribution is -2.26. The van der Waals surface area contributed by atoms with E-state index in [1.54, 1.807) is 18.2 Å². The van der Waals surface area contributed by atoms with Crippen LogP contribution in [0.1, 0.15) is 25.5 Å². The Balaban J connectivity index is 2.92. The minimum absolute atomic E-state index is 0.143. The standard InChI is InChI=1S/C13H20FNO2/c1-4-15-11(9-17-5-2)10-7-6-8-12(16-3)13(10)14/h6-8,11,15H,4-5,9H2,1-3H3. The first-order valence-corrected chi connectivity index (χ1v) is 5.88. The molecule has 4 heteroatoms. The molecule has 0 aromatic heterocycles. The topological polar surface area (TPSA) is 30.5 Å². The summed E-state index contributed by atoms with van der Waals surface area (Å²) in [5.74, 6) is -0.0532. The molecule has 0 aliphatic heterocycles. The van der Waals surface area contributed by atoms with Crippen LogP contribution < -0.4 is 10.1 Å². The van der Waals surface area contributed by atoms with Crippen LogP contribution in [0, 0.1) is 5.82 Å². The SMILES string of the molecule is CCNC(COCC)c1cccc(OC)c1F. The lowest BCUT2D eigenvalue weighted by molar-refractivity contribution is 0.122. The predicted octanol–water partition coefficient (Wildman–Crippen LogP) is 2.52. The molecule has 0 saturated carbocycles. The highest BCUT2D eigenvalue weighted by atomic mass is 19.1. The van der Waals surface area contributed by atoms with E-state index in [0.717, 1.165) is 6.54 Å². The monoisotopic (exact) mass is 241 g/mol. The molecule has 0 bridgehead atoms. The van der Waals surface area contributed by atoms with E-state index >= 15 is 0 Å². The Morgan fingerprint density at radius 3 is 2.71 bits per heavy atom. The molecule has 0 fully saturated rings. The minimum atomic E-state index is -0.319. The maximum absolute atomic E-state index is 14.1. The number of hydrogen-bond acceptors (Lipinski definition) is 3. The van der Waals surface area contributed by atoms with Gasteiger partial charge in [-0.3, -0.25) is 0 Å². The van der Waals surface area contributed by atoms with Gasteiger partial charge in [-0.15, -0.1) is 0 Å². The van der Waals surface area contributed by atoms with Crippen molar-refractivity contribution in [3.63, 3.8) is 0 Å². The highest BCUT2D eigenvalue weighted by Gasteiger charge is 2.17. The number of halogens is 1. The molecule has 0 aliphatic carbocycles. The molecule has 1 N–H and O–H groups in total. The fraction of sp³-hybridized carbons (Fsp3) is 0.538. The molecule has 1 unspecified atom stereocenters. The summed E-state index contributed by atoms with van der Waals surface area (Å²) in [6.45, 7) is 5.73. The molecule has 1 rings (SSSR count). The average molecular weight is 241 g/mol. The largest absolute Gasteiger partial charge is 0.494 e. The second-order valence-electron chi connectivity index (χ2n) is 3.63. The van der Waals surface area contributed by atoms with Crippen molar-refractivity contribution in [2.45, 2.75) is 19.9 Å². The van der Waals surface area contributed by atoms with Crippen molar-refractivity contribution in [1.82, 2.24) is 5.32 Å². The zero-order valence-corrected chi connectivity index (χ0v) is 10.6. The van der Waals surface area contributed by atoms with Crippen molar-refractivity contribution >= 4 is 0 Å². The predicted molar refractivity (Wildman–Crippen MR) is 65.9 cm³/mol. The molecule has 1 aromatic rings. The normalized spacial score (nSPS) is 12.5. The van der Waals surface area contributed by atoms with E-state index in [2.05, 4.69) is 5.32 Å². The van der Waals surface area contributed by atoms with Crippen LogP contribution in [0.2, 0.25) is 0 Å². The summed E-state index contributed by atoms with van der Waals surface area (Å²) in [5, 5.41) is 3.21. The van der Waals surface area contributed by atoms with Gasteiger partial charge in [0.25, 0.3) is 0 Å². The molecule has 0 aliphatic rings. The Kier molecular flexibility index (Phi) is 5.94. The first-order chi connectivity index (χ1) is 8.24. The van der Waals surface area contributed by atoms with E-state index in [0.29, 0.717) is 18.8 Å². The Bertz CT molecular complexity index is 344. The van der Waals surface area contributed by atoms with Crippen molar-refractivity contribution in [1.29, 1.82) is 0 Å². The minimum Gasteiger partial charge on any atom is -0.494 e. The number of nitrogens with one attached hydrogen (secondary N) is 1. The van der Waals surface area contributed by atoms with Crippen LogP contribution in [-0.4, -0.2) is 26.9 Å². The molecule has 96 valence electrons. The number of likely N-dealkylation sites (N-methyl/N-ethyl adjacent to an activating group) is 1. The highest BCUT2D eigenvalue weighted by Crippen LogP contribution is 2.25. The van der Waals surface area contributed by atoms with Gasteiger partial charge in [0.05, 0.1) is 19.8 Å². The van der Waals surface area contributed by atoms with Crippen molar-refractivity contribution in [2.75, 3.05) is 26.9 Å². The molecule has 1 atom stereocenters. The van der Waals surface area contributed by atoms with Crippen LogP contribution in [0.25, 0.3) is 0 Å². The average Bonchev–Trinajstić information content (AvgIpc) is 2.35. The fourth-order valence-corrected chi connectivity index (χ4v) is 1.70. The van der Waals surface area contributed by atoms with Gasteiger partial charge in [0.1, 0.15) is 0 Å². The van der Waals surface area contributed by atoms with Crippen molar-refractivity contribution in [3.8, 4) is 5.75 Å². The van der Waals surface area contributed by atoms with Gasteiger partial charge in [-0.2, -0.15) is 0 Å². The molecule has 1 aromatic carbocycles. The molecular weight excluding hydrogens is 221 g/mol. The lowest BCUT2D eigenvalue weighted by atomic mass is 10.1. The Morgan fingerprint density at radius 2 is 2.12 bits per heavy atom. The first-order valence-electron chi connectivity index (χ1n) is 5.88. The third-order valence-electron chi connectivity index (χ3n) is 2.53. The maximum Gasteiger partial charge on any atom is 0.169 e. The first kappa shape index (κ1) is 13.9. The zero-order valence-electron chi connectivity index (χ0n) is 10.6. The maximum atomic E-state index is 14.1. The third kappa shape index (κ3) is 3.68. The van der Waals surface area contributed by atoms with Crippen LogP contribution in [0.4, 0.5) is 4.39 Å². The van der Waals surface area contributed by atoms with E-state index in [9.17, 15) is 4.39 Å². The number of benzene rings is 1. The summed E-state index contributed by atoms with van der Waals surface area (Å²) in [6.07, 6.45) is 0. The molecule has 0 heterocycles. The van der Waals surface area contributed by atoms with E-state index in [1.165, 1.54) is 7.11 Å². The number of hydrogen-bond donors (Lipinski definition) is 1. The summed E-state index contributed by atoms with van der Waals surface area (Å²) in [4.78, 5) is 0. The van der Waals surface area contributed by atoms with E-state index in [1.807, 2.05) is 13.8 Å². The van der Waals surface area contributed by atoms with Crippen molar-refractivity contribution in [2.24, 2.45) is 0 Å². The van der Waals surface area contributed by atoms with Gasteiger partial charge < -0.3 is 14.8 Å². The molecular formula is C13H20FNO2. The Morgan fingerprint density at radius 1 is 1.35 bits per heavy atom. The smallest absolute Gasteiger partial charge is 0.169 e. The number of rotatable bonds is 7. The van der Waals surface area contributed by atoms with Crippen LogP contribution in [0.15, 0.2) is 18.2 Å². The van der Waals surface area contributed by atoms with Gasteiger partial charge in [0.2, 0.25) is 0 Å². The summed E-state index contributed by atoms with van der Waals surface area (Å²) >= 11 is 0. The molecule has 0 radical (unpaired) electrons. The van der Waals surface area contributed by atoms with Gasteiger partial charge in [0.15, 0.2) is 11.6 Å². The van der Waals surface area contributed by atoms with Crippen LogP contribution >= 0.6 is 0 Å². The fourth-order valence-electron chi connectivity index (χ4n) is 1.70. The van der Waals surface area contributed by atoms with Gasteiger partial charge in [-0.25, -0.2) is 4.39 Å². The summed E-state index contributed by atoms with van der Waals surface area (Å²) < 4.78 is 24.4. The van der Waals surface area contributed by atoms with Crippen LogP contribution in [0.5, 0.6) is 5.75 Å². The van der Waals surface area contributed by atoms with Crippen LogP contribution in [-0.2, 0) is 4.74 Å². The summed E-state index contributed by atoms with van der Waals surface area (Å²) in [5.41, 5.74) is 0.583. The summed E-state index contributed by atoms with van der Waals surface area (Å²) in [7, 11) is 1.47. The molecule has 0 saturated heterocycles. The quantitative estimate of drug-likeness (QED) is 0.795. The second-order valence-corrected chi connectivity index (χ2v) is 3.63. The molecule has 0 amide bonds. The Labute approximate surface area is 102 Å². The second kappa shape index (κ2) is 7.25. The summed E-state index contributed by atoms with van der Waals surface area (Å²) in [6, 6.07) is 5.01. The van der Waals surface area contributed by atoms with E-state index < -0.39 is 0 Å². The third-order valence-corrected chi connectivity index (χ3v) is 2.53. The molecule has 17 heavy (non-hydrogen) atoms. The zero-order chi connectivity index (χ0) is 12.7. The molecule has 3 nitrogen and oxygen atoms in total. The highest BCUT2D eigenvalue weighted by molar-refractivity contribution is 5.33. The van der Waals surface area contributed by atoms with Crippen LogP contribution in [0.3, 0.4) is 0 Å². The van der Waals surface area contributed by atoms with Gasteiger partial charge in [-0.05, 0) is 19.5 Å². The lowest BCUT2D eigenvalue weighted by Gasteiger charge is -2.19. The van der Waals surface area contributed by atoms with Crippen molar-refractivity contribution < 1.29 is 13.9 Å². The van der Waals surface area contributed by atoms with Gasteiger partial charge in [-0.1, -0.05) is 19.1 Å². The van der Waals surface area contributed by atoms with Crippen molar-refractivity contribution in [3.05, 3.63) is 29.6 Å². The van der Waals surface area contributed by atoms with E-state index in [-0.39, 0.29) is 17.6 Å².